The molecule has 0 saturated carbocycles. The van der Waals surface area contributed by atoms with Gasteiger partial charge in [0.25, 0.3) is 0 Å². The summed E-state index contributed by atoms with van der Waals surface area (Å²) in [6.07, 6.45) is 0. The molecule has 7 heteroatoms. The number of H-pyrrole nitrogens is 1. The minimum Gasteiger partial charge on any atom is -0.493 e. The Morgan fingerprint density at radius 2 is 1.96 bits per heavy atom. The van der Waals surface area contributed by atoms with Gasteiger partial charge in [-0.1, -0.05) is 41.9 Å². The van der Waals surface area contributed by atoms with Gasteiger partial charge in [-0.15, -0.1) is 10.2 Å². The van der Waals surface area contributed by atoms with Crippen LogP contribution in [0.3, 0.4) is 0 Å². The van der Waals surface area contributed by atoms with Crippen LogP contribution in [0.15, 0.2) is 51.1 Å². The molecule has 0 bridgehead atoms. The van der Waals surface area contributed by atoms with Crippen LogP contribution < -0.4 is 4.74 Å². The molecule has 0 aliphatic rings. The van der Waals surface area contributed by atoms with Crippen molar-refractivity contribution in [2.24, 2.45) is 10.2 Å². The number of aromatic nitrogens is 1. The summed E-state index contributed by atoms with van der Waals surface area (Å²) in [6, 6.07) is 11.3. The van der Waals surface area contributed by atoms with Crippen molar-refractivity contribution in [1.29, 1.82) is 0 Å². The summed E-state index contributed by atoms with van der Waals surface area (Å²) in [5.74, 6) is 0.357. The lowest BCUT2D eigenvalue weighted by Gasteiger charge is -2.07. The van der Waals surface area contributed by atoms with Crippen LogP contribution in [-0.4, -0.2) is 22.6 Å². The lowest BCUT2D eigenvalue weighted by atomic mass is 10.0. The molecule has 1 amide bonds. The molecule has 0 aliphatic carbocycles. The second kappa shape index (κ2) is 7.92. The number of fused-ring (bicyclic) bond motifs is 1. The predicted molar refractivity (Wildman–Crippen MR) is 108 cm³/mol. The molecule has 1 aromatic heterocycles. The number of ether oxygens (including phenoxy) is 1. The average molecular weight is 430 g/mol. The van der Waals surface area contributed by atoms with Crippen LogP contribution in [0, 0.1) is 6.92 Å². The normalized spacial score (nSPS) is 11.6. The first kappa shape index (κ1) is 19.1. The van der Waals surface area contributed by atoms with Crippen molar-refractivity contribution in [1.82, 2.24) is 4.98 Å². The molecule has 6 nitrogen and oxygen atoms in total. The van der Waals surface area contributed by atoms with Crippen molar-refractivity contribution in [2.75, 3.05) is 6.61 Å². The van der Waals surface area contributed by atoms with Gasteiger partial charge in [-0.2, -0.15) is 0 Å². The zero-order chi connectivity index (χ0) is 19.6. The molecule has 1 heterocycles. The predicted octanol–water partition coefficient (Wildman–Crippen LogP) is 5.76. The van der Waals surface area contributed by atoms with Crippen molar-refractivity contribution >= 4 is 38.4 Å². The smallest absolute Gasteiger partial charge is 0.302 e. The Kier molecular flexibility index (Phi) is 5.60. The third kappa shape index (κ3) is 4.36. The van der Waals surface area contributed by atoms with Gasteiger partial charge < -0.3 is 14.8 Å². The van der Waals surface area contributed by atoms with E-state index in [1.54, 1.807) is 0 Å². The lowest BCUT2D eigenvalue weighted by Crippen LogP contribution is -2.07. The Morgan fingerprint density at radius 3 is 2.63 bits per heavy atom. The number of halogens is 1. The van der Waals surface area contributed by atoms with Crippen LogP contribution in [0.4, 0.5) is 5.69 Å². The molecule has 3 aromatic rings. The topological polar surface area (TPSA) is 87.0 Å². The molecule has 0 atom stereocenters. The van der Waals surface area contributed by atoms with Crippen LogP contribution in [0.5, 0.6) is 11.6 Å². The van der Waals surface area contributed by atoms with Crippen LogP contribution in [0.25, 0.3) is 10.9 Å². The molecule has 140 valence electrons. The third-order valence-corrected chi connectivity index (χ3v) is 5.06. The number of hydrogen-bond acceptors (Lipinski definition) is 4. The van der Waals surface area contributed by atoms with Gasteiger partial charge in [0.2, 0.25) is 5.88 Å². The van der Waals surface area contributed by atoms with Crippen molar-refractivity contribution in [3.8, 4) is 11.6 Å². The Labute approximate surface area is 165 Å². The summed E-state index contributed by atoms with van der Waals surface area (Å²) >= 11 is 3.44. The number of rotatable bonds is 5. The van der Waals surface area contributed by atoms with E-state index < -0.39 is 5.91 Å². The first-order valence-electron chi connectivity index (χ1n) is 8.53. The molecule has 3 rings (SSSR count). The second-order valence-electron chi connectivity index (χ2n) is 6.58. The van der Waals surface area contributed by atoms with E-state index in [9.17, 15) is 9.90 Å². The molecular formula is C20H20BrN3O3. The average Bonchev–Trinajstić information content (AvgIpc) is 2.93. The number of benzene rings is 2. The highest BCUT2D eigenvalue weighted by molar-refractivity contribution is 9.10. The molecule has 0 fully saturated rings. The lowest BCUT2D eigenvalue weighted by molar-refractivity contribution is -0.120. The fourth-order valence-corrected chi connectivity index (χ4v) is 2.97. The Balaban J connectivity index is 1.69. The molecule has 2 aromatic carbocycles. The van der Waals surface area contributed by atoms with Crippen LogP contribution in [0.1, 0.15) is 30.9 Å². The van der Waals surface area contributed by atoms with Gasteiger partial charge in [0.1, 0.15) is 5.75 Å². The molecule has 2 N–H and O–H groups in total. The quantitative estimate of drug-likeness (QED) is 0.505. The number of nitrogens with one attached hydrogen (secondary N) is 1. The van der Waals surface area contributed by atoms with Gasteiger partial charge in [0.15, 0.2) is 12.3 Å². The van der Waals surface area contributed by atoms with Gasteiger partial charge in [-0.25, -0.2) is 0 Å². The number of hydrogen-bond donors (Lipinski definition) is 2. The number of carbonyl (C=O) groups excluding carboxylic acids is 1. The highest BCUT2D eigenvalue weighted by atomic mass is 79.9. The standard InChI is InChI=1S/C20H20BrN3O3/c1-11(2)13-4-6-14(7-5-13)27-10-18(25)23-24-19-15-8-12(3)16(21)9-17(15)22-20(19)26/h4-9,11,22,26H,10H2,1-3H3. The molecule has 0 saturated heterocycles. The van der Waals surface area contributed by atoms with Gasteiger partial charge in [0.05, 0.1) is 5.52 Å². The summed E-state index contributed by atoms with van der Waals surface area (Å²) in [5.41, 5.74) is 3.12. The van der Waals surface area contributed by atoms with Crippen molar-refractivity contribution in [2.45, 2.75) is 26.7 Å². The Morgan fingerprint density at radius 1 is 1.26 bits per heavy atom. The number of nitrogens with zero attached hydrogens (tertiary/aromatic N) is 2. The monoisotopic (exact) mass is 429 g/mol. The summed E-state index contributed by atoms with van der Waals surface area (Å²) in [4.78, 5) is 14.8. The largest absolute Gasteiger partial charge is 0.493 e. The summed E-state index contributed by atoms with van der Waals surface area (Å²) in [5, 5.41) is 18.3. The first-order chi connectivity index (χ1) is 12.8. The number of aromatic amines is 1. The van der Waals surface area contributed by atoms with E-state index in [1.807, 2.05) is 43.3 Å². The Bertz CT molecular complexity index is 1010. The fraction of sp³-hybridized carbons (Fsp3) is 0.250. The summed E-state index contributed by atoms with van der Waals surface area (Å²) in [6.45, 7) is 5.93. The number of amides is 1. The number of aryl methyl sites for hydroxylation is 1. The van der Waals surface area contributed by atoms with Crippen molar-refractivity contribution in [3.05, 3.63) is 52.0 Å². The van der Waals surface area contributed by atoms with Gasteiger partial charge in [-0.05, 0) is 48.2 Å². The summed E-state index contributed by atoms with van der Waals surface area (Å²) < 4.78 is 6.36. The van der Waals surface area contributed by atoms with Crippen molar-refractivity contribution in [3.63, 3.8) is 0 Å². The highest BCUT2D eigenvalue weighted by Gasteiger charge is 2.13. The SMILES string of the molecule is Cc1cc2c(N=NC(=O)COc3ccc(C(C)C)cc3)c(O)[nH]c2cc1Br. The second-order valence-corrected chi connectivity index (χ2v) is 7.43. The fourth-order valence-electron chi connectivity index (χ4n) is 2.63. The molecular weight excluding hydrogens is 410 g/mol. The van der Waals surface area contributed by atoms with Gasteiger partial charge >= 0.3 is 5.91 Å². The number of carbonyl (C=O) groups is 1. The number of azo groups is 1. The molecule has 0 unspecified atom stereocenters. The number of aromatic hydroxyl groups is 1. The van der Waals surface area contributed by atoms with E-state index in [-0.39, 0.29) is 18.2 Å². The van der Waals surface area contributed by atoms with E-state index in [0.29, 0.717) is 22.6 Å². The van der Waals surface area contributed by atoms with E-state index in [4.69, 9.17) is 4.74 Å². The van der Waals surface area contributed by atoms with Crippen LogP contribution in [0.2, 0.25) is 0 Å². The van der Waals surface area contributed by atoms with Crippen LogP contribution >= 0.6 is 15.9 Å². The molecule has 0 radical (unpaired) electrons. The minimum absolute atomic E-state index is 0.135. The maximum absolute atomic E-state index is 12.0. The maximum Gasteiger partial charge on any atom is 0.302 e. The van der Waals surface area contributed by atoms with Gasteiger partial charge in [0, 0.05) is 9.86 Å². The van der Waals surface area contributed by atoms with E-state index >= 15 is 0 Å². The van der Waals surface area contributed by atoms with Crippen LogP contribution in [-0.2, 0) is 4.79 Å². The molecule has 27 heavy (non-hydrogen) atoms. The maximum atomic E-state index is 12.0. The van der Waals surface area contributed by atoms with E-state index in [0.717, 1.165) is 10.0 Å². The van der Waals surface area contributed by atoms with Gasteiger partial charge in [-0.3, -0.25) is 4.79 Å². The minimum atomic E-state index is -0.537. The Hall–Kier alpha value is -2.67. The zero-order valence-corrected chi connectivity index (χ0v) is 16.9. The summed E-state index contributed by atoms with van der Waals surface area (Å²) in [7, 11) is 0. The van der Waals surface area contributed by atoms with E-state index in [1.165, 1.54) is 5.56 Å². The highest BCUT2D eigenvalue weighted by Crippen LogP contribution is 2.37. The van der Waals surface area contributed by atoms with E-state index in [2.05, 4.69) is 45.0 Å². The molecule has 0 aliphatic heterocycles. The zero-order valence-electron chi connectivity index (χ0n) is 15.3. The third-order valence-electron chi connectivity index (χ3n) is 4.20. The van der Waals surface area contributed by atoms with Crippen molar-refractivity contribution < 1.29 is 14.6 Å². The molecule has 0 spiro atoms. The first-order valence-corrected chi connectivity index (χ1v) is 9.32.